The number of carboxylic acid groups (broad SMARTS) is 1. The van der Waals surface area contributed by atoms with Crippen LogP contribution in [0.3, 0.4) is 0 Å². The molecule has 2 N–H and O–H groups in total. The van der Waals surface area contributed by atoms with E-state index in [0.717, 1.165) is 11.1 Å². The Kier molecular flexibility index (Phi) is 6.95. The maximum atomic E-state index is 12.2. The average Bonchev–Trinajstić information content (AvgIpc) is 3.08. The van der Waals surface area contributed by atoms with Crippen molar-refractivity contribution in [2.24, 2.45) is 5.92 Å². The van der Waals surface area contributed by atoms with E-state index < -0.39 is 18.1 Å². The minimum Gasteiger partial charge on any atom is -0.480 e. The molecule has 0 aliphatic heterocycles. The van der Waals surface area contributed by atoms with Gasteiger partial charge in [-0.1, -0.05) is 55.5 Å². The summed E-state index contributed by atoms with van der Waals surface area (Å²) >= 11 is 0. The first kappa shape index (κ1) is 22.3. The van der Waals surface area contributed by atoms with Crippen LogP contribution in [0.2, 0.25) is 0 Å². The zero-order valence-electron chi connectivity index (χ0n) is 18.0. The lowest BCUT2D eigenvalue weighted by atomic mass is 9.98. The van der Waals surface area contributed by atoms with Crippen LogP contribution in [-0.4, -0.2) is 54.2 Å². The third-order valence-corrected chi connectivity index (χ3v) is 5.79. The fourth-order valence-corrected chi connectivity index (χ4v) is 3.80. The highest BCUT2D eigenvalue weighted by molar-refractivity contribution is 5.83. The monoisotopic (exact) mass is 424 g/mol. The number of ether oxygens (including phenoxy) is 1. The normalized spacial score (nSPS) is 14.2. The van der Waals surface area contributed by atoms with Crippen molar-refractivity contribution < 1.29 is 24.2 Å². The Morgan fingerprint density at radius 3 is 2.13 bits per heavy atom. The lowest BCUT2D eigenvalue weighted by Crippen LogP contribution is -2.41. The summed E-state index contributed by atoms with van der Waals surface area (Å²) in [6.07, 6.45) is -0.397. The smallest absolute Gasteiger partial charge is 0.407 e. The molecule has 0 aromatic heterocycles. The molecule has 0 spiro atoms. The molecule has 0 saturated heterocycles. The third kappa shape index (κ3) is 5.05. The summed E-state index contributed by atoms with van der Waals surface area (Å²) in [6, 6.07) is 15.4. The van der Waals surface area contributed by atoms with Crippen molar-refractivity contribution in [3.05, 3.63) is 59.7 Å². The second-order valence-electron chi connectivity index (χ2n) is 8.03. The van der Waals surface area contributed by atoms with Crippen molar-refractivity contribution in [2.75, 3.05) is 20.2 Å². The van der Waals surface area contributed by atoms with Gasteiger partial charge in [-0.05, 0) is 35.1 Å². The van der Waals surface area contributed by atoms with Crippen LogP contribution < -0.4 is 5.32 Å². The maximum Gasteiger partial charge on any atom is 0.407 e. The maximum absolute atomic E-state index is 12.2. The number of aliphatic carboxylic acids is 1. The van der Waals surface area contributed by atoms with E-state index in [0.29, 0.717) is 0 Å². The predicted octanol–water partition coefficient (Wildman–Crippen LogP) is 3.48. The van der Waals surface area contributed by atoms with Crippen LogP contribution in [0.15, 0.2) is 48.5 Å². The van der Waals surface area contributed by atoms with Crippen LogP contribution in [0.1, 0.15) is 37.3 Å². The van der Waals surface area contributed by atoms with E-state index in [9.17, 15) is 14.4 Å². The van der Waals surface area contributed by atoms with Gasteiger partial charge in [0.15, 0.2) is 0 Å². The van der Waals surface area contributed by atoms with E-state index in [1.807, 2.05) is 31.2 Å². The highest BCUT2D eigenvalue weighted by Crippen LogP contribution is 2.44. The van der Waals surface area contributed by atoms with Gasteiger partial charge in [-0.3, -0.25) is 4.79 Å². The molecule has 2 aromatic carbocycles. The summed E-state index contributed by atoms with van der Waals surface area (Å²) in [4.78, 5) is 36.6. The van der Waals surface area contributed by atoms with Crippen molar-refractivity contribution in [1.82, 2.24) is 10.2 Å². The number of hydrogen-bond acceptors (Lipinski definition) is 4. The standard InChI is InChI=1S/C24H28N2O5/c1-15(12-22(27)26(3)16(2)23(28)29)13-25-24(30)31-14-21-19-10-6-4-8-17(19)18-9-5-7-11-20(18)21/h4-11,15-16,21H,12-14H2,1-3H3,(H,25,30)(H,28,29). The number of fused-ring (bicyclic) bond motifs is 3. The first-order chi connectivity index (χ1) is 14.8. The van der Waals surface area contributed by atoms with Crippen LogP contribution in [0.25, 0.3) is 11.1 Å². The Morgan fingerprint density at radius 2 is 1.58 bits per heavy atom. The lowest BCUT2D eigenvalue weighted by Gasteiger charge is -2.23. The fourth-order valence-electron chi connectivity index (χ4n) is 3.80. The van der Waals surface area contributed by atoms with Crippen molar-refractivity contribution in [3.63, 3.8) is 0 Å². The highest BCUT2D eigenvalue weighted by Gasteiger charge is 2.29. The molecular weight excluding hydrogens is 396 g/mol. The number of likely N-dealkylation sites (N-methyl/N-ethyl adjacent to an activating group) is 1. The van der Waals surface area contributed by atoms with Gasteiger partial charge in [0.1, 0.15) is 12.6 Å². The number of alkyl carbamates (subject to hydrolysis) is 1. The summed E-state index contributed by atoms with van der Waals surface area (Å²) in [5.74, 6) is -1.50. The molecule has 2 atom stereocenters. The van der Waals surface area contributed by atoms with Gasteiger partial charge in [0.05, 0.1) is 0 Å². The minimum absolute atomic E-state index is 0.0108. The van der Waals surface area contributed by atoms with Crippen molar-refractivity contribution in [1.29, 1.82) is 0 Å². The summed E-state index contributed by atoms with van der Waals surface area (Å²) in [6.45, 7) is 3.77. The number of carbonyl (C=O) groups is 3. The molecule has 2 unspecified atom stereocenters. The first-order valence-corrected chi connectivity index (χ1v) is 10.4. The number of benzene rings is 2. The van der Waals surface area contributed by atoms with Gasteiger partial charge >= 0.3 is 12.1 Å². The number of carbonyl (C=O) groups excluding carboxylic acids is 2. The molecule has 0 saturated carbocycles. The Hall–Kier alpha value is -3.35. The Morgan fingerprint density at radius 1 is 1.03 bits per heavy atom. The fraction of sp³-hybridized carbons (Fsp3) is 0.375. The van der Waals surface area contributed by atoms with E-state index in [2.05, 4.69) is 29.6 Å². The quantitative estimate of drug-likeness (QED) is 0.676. The second kappa shape index (κ2) is 9.64. The van der Waals surface area contributed by atoms with E-state index in [1.165, 1.54) is 30.0 Å². The van der Waals surface area contributed by atoms with Crippen LogP contribution in [0, 0.1) is 5.92 Å². The molecular formula is C24H28N2O5. The van der Waals surface area contributed by atoms with Crippen molar-refractivity contribution in [3.8, 4) is 11.1 Å². The van der Waals surface area contributed by atoms with Gasteiger partial charge in [-0.2, -0.15) is 0 Å². The molecule has 0 heterocycles. The van der Waals surface area contributed by atoms with Crippen LogP contribution in [-0.2, 0) is 14.3 Å². The van der Waals surface area contributed by atoms with Gasteiger partial charge in [0.25, 0.3) is 0 Å². The molecule has 3 rings (SSSR count). The number of rotatable bonds is 8. The molecule has 7 heteroatoms. The molecule has 31 heavy (non-hydrogen) atoms. The molecule has 1 aliphatic carbocycles. The molecule has 0 fully saturated rings. The van der Waals surface area contributed by atoms with Crippen LogP contribution >= 0.6 is 0 Å². The third-order valence-electron chi connectivity index (χ3n) is 5.79. The summed E-state index contributed by atoms with van der Waals surface area (Å²) in [7, 11) is 1.47. The van der Waals surface area contributed by atoms with Crippen molar-refractivity contribution in [2.45, 2.75) is 32.2 Å². The number of hydrogen-bond donors (Lipinski definition) is 2. The van der Waals surface area contributed by atoms with Gasteiger partial charge < -0.3 is 20.1 Å². The average molecular weight is 424 g/mol. The van der Waals surface area contributed by atoms with E-state index in [4.69, 9.17) is 9.84 Å². The molecule has 1 aliphatic rings. The number of nitrogens with one attached hydrogen (secondary N) is 1. The Labute approximate surface area is 182 Å². The van der Waals surface area contributed by atoms with Gasteiger partial charge in [0, 0.05) is 25.9 Å². The Balaban J connectivity index is 1.50. The SMILES string of the molecule is CC(CNC(=O)OCC1c2ccccc2-c2ccccc21)CC(=O)N(C)C(C)C(=O)O. The van der Waals surface area contributed by atoms with E-state index in [-0.39, 0.29) is 37.3 Å². The molecule has 0 radical (unpaired) electrons. The van der Waals surface area contributed by atoms with Gasteiger partial charge in [-0.15, -0.1) is 0 Å². The molecule has 164 valence electrons. The Bertz CT molecular complexity index is 928. The first-order valence-electron chi connectivity index (χ1n) is 10.4. The molecule has 2 aromatic rings. The predicted molar refractivity (Wildman–Crippen MR) is 117 cm³/mol. The molecule has 2 amide bonds. The molecule has 0 bridgehead atoms. The van der Waals surface area contributed by atoms with Crippen molar-refractivity contribution >= 4 is 18.0 Å². The second-order valence-corrected chi connectivity index (χ2v) is 8.03. The van der Waals surface area contributed by atoms with Gasteiger partial charge in [-0.25, -0.2) is 9.59 Å². The minimum atomic E-state index is -1.06. The number of nitrogens with zero attached hydrogens (tertiary/aromatic N) is 1. The van der Waals surface area contributed by atoms with Gasteiger partial charge in [0.2, 0.25) is 5.91 Å². The van der Waals surface area contributed by atoms with E-state index in [1.54, 1.807) is 0 Å². The highest BCUT2D eigenvalue weighted by atomic mass is 16.5. The largest absolute Gasteiger partial charge is 0.480 e. The zero-order chi connectivity index (χ0) is 22.5. The summed E-state index contributed by atoms with van der Waals surface area (Å²) in [5.41, 5.74) is 4.62. The summed E-state index contributed by atoms with van der Waals surface area (Å²) in [5, 5.41) is 11.7. The summed E-state index contributed by atoms with van der Waals surface area (Å²) < 4.78 is 5.49. The van der Waals surface area contributed by atoms with Crippen LogP contribution in [0.5, 0.6) is 0 Å². The molecule has 7 nitrogen and oxygen atoms in total. The number of carboxylic acids is 1. The topological polar surface area (TPSA) is 95.9 Å². The number of amides is 2. The lowest BCUT2D eigenvalue weighted by molar-refractivity contribution is -0.148. The zero-order valence-corrected chi connectivity index (χ0v) is 18.0. The van der Waals surface area contributed by atoms with E-state index >= 15 is 0 Å². The van der Waals surface area contributed by atoms with Crippen LogP contribution in [0.4, 0.5) is 4.79 Å².